The molecule has 4 amide bonds. The molecule has 0 fully saturated rings. The maximum Gasteiger partial charge on any atom is 0.325 e. The van der Waals surface area contributed by atoms with Crippen molar-refractivity contribution in [3.8, 4) is 11.5 Å². The lowest BCUT2D eigenvalue weighted by Crippen LogP contribution is -2.53. The number of nitrogens with one attached hydrogen (secondary N) is 2. The third-order valence-corrected chi connectivity index (χ3v) is 7.24. The molecule has 5 rings (SSSR count). The number of carbonyl (C=O) groups is 3. The standard InChI is InChI=1S/C29H29ClN4O5/c1-38-25-14-26(39-2)23(13-22(25)30)32-28(36)17-34-24-10-6-5-9-20(24)15-33(29(34)37)16-27(35)31-21-11-18-7-3-4-8-19(18)12-21/h3-10,13-14,21H,11-12,15-17H2,1-2H3,(H,31,35)(H,32,36). The number of hydrogen-bond donors (Lipinski definition) is 2. The number of methoxy groups -OCH3 is 2. The first-order valence-electron chi connectivity index (χ1n) is 12.6. The fourth-order valence-electron chi connectivity index (χ4n) is 5.13. The van der Waals surface area contributed by atoms with E-state index >= 15 is 0 Å². The third kappa shape index (κ3) is 5.63. The van der Waals surface area contributed by atoms with E-state index in [1.807, 2.05) is 30.3 Å². The van der Waals surface area contributed by atoms with Gasteiger partial charge < -0.3 is 25.0 Å². The third-order valence-electron chi connectivity index (χ3n) is 6.95. The number of carbonyl (C=O) groups excluding carboxylic acids is 3. The maximum atomic E-state index is 13.5. The second-order valence-electron chi connectivity index (χ2n) is 9.53. The van der Waals surface area contributed by atoms with Gasteiger partial charge in [-0.15, -0.1) is 0 Å². The first-order chi connectivity index (χ1) is 18.9. The Kier molecular flexibility index (Phi) is 7.60. The van der Waals surface area contributed by atoms with Crippen molar-refractivity contribution in [2.24, 2.45) is 0 Å². The summed E-state index contributed by atoms with van der Waals surface area (Å²) in [5.74, 6) is 0.0830. The van der Waals surface area contributed by atoms with Crippen LogP contribution in [0.4, 0.5) is 16.2 Å². The Bertz CT molecular complexity index is 1400. The van der Waals surface area contributed by atoms with Crippen molar-refractivity contribution in [2.75, 3.05) is 37.5 Å². The molecule has 0 saturated carbocycles. The first kappa shape index (κ1) is 26.4. The Morgan fingerprint density at radius 2 is 1.54 bits per heavy atom. The zero-order valence-corrected chi connectivity index (χ0v) is 22.5. The summed E-state index contributed by atoms with van der Waals surface area (Å²) in [6.07, 6.45) is 1.54. The second-order valence-corrected chi connectivity index (χ2v) is 9.94. The quantitative estimate of drug-likeness (QED) is 0.443. The van der Waals surface area contributed by atoms with E-state index in [2.05, 4.69) is 22.8 Å². The molecule has 0 unspecified atom stereocenters. The van der Waals surface area contributed by atoms with Crippen molar-refractivity contribution < 1.29 is 23.9 Å². The second kappa shape index (κ2) is 11.2. The van der Waals surface area contributed by atoms with Crippen LogP contribution in [-0.4, -0.2) is 56.1 Å². The molecule has 0 radical (unpaired) electrons. The Morgan fingerprint density at radius 1 is 0.897 bits per heavy atom. The summed E-state index contributed by atoms with van der Waals surface area (Å²) >= 11 is 6.24. The Morgan fingerprint density at radius 3 is 2.21 bits per heavy atom. The molecule has 0 aromatic heterocycles. The number of benzene rings is 3. The van der Waals surface area contributed by atoms with Crippen LogP contribution in [0.25, 0.3) is 0 Å². The summed E-state index contributed by atoms with van der Waals surface area (Å²) in [6, 6.07) is 18.2. The van der Waals surface area contributed by atoms with Gasteiger partial charge in [0.05, 0.1) is 37.2 Å². The van der Waals surface area contributed by atoms with Crippen molar-refractivity contribution in [1.29, 1.82) is 0 Å². The van der Waals surface area contributed by atoms with Gasteiger partial charge in [-0.3, -0.25) is 14.5 Å². The molecule has 1 heterocycles. The molecule has 0 bridgehead atoms. The lowest BCUT2D eigenvalue weighted by molar-refractivity contribution is -0.122. The molecule has 9 nitrogen and oxygen atoms in total. The summed E-state index contributed by atoms with van der Waals surface area (Å²) in [5, 5.41) is 6.14. The van der Waals surface area contributed by atoms with E-state index in [1.165, 1.54) is 41.2 Å². The number of anilines is 2. The Balaban J connectivity index is 1.28. The number of nitrogens with zero attached hydrogens (tertiary/aromatic N) is 2. The lowest BCUT2D eigenvalue weighted by Gasteiger charge is -2.36. The van der Waals surface area contributed by atoms with E-state index in [0.717, 1.165) is 18.4 Å². The van der Waals surface area contributed by atoms with Gasteiger partial charge in [-0.2, -0.15) is 0 Å². The topological polar surface area (TPSA) is 100 Å². The predicted molar refractivity (Wildman–Crippen MR) is 149 cm³/mol. The molecule has 1 aliphatic heterocycles. The molecule has 3 aromatic carbocycles. The minimum atomic E-state index is -0.451. The zero-order valence-electron chi connectivity index (χ0n) is 21.7. The molecule has 0 saturated heterocycles. The summed E-state index contributed by atoms with van der Waals surface area (Å²) in [5.41, 5.74) is 4.28. The largest absolute Gasteiger partial charge is 0.495 e. The van der Waals surface area contributed by atoms with Gasteiger partial charge >= 0.3 is 6.03 Å². The molecular formula is C29H29ClN4O5. The highest BCUT2D eigenvalue weighted by molar-refractivity contribution is 6.32. The van der Waals surface area contributed by atoms with Crippen LogP contribution in [-0.2, 0) is 29.0 Å². The molecule has 10 heteroatoms. The fourth-order valence-corrected chi connectivity index (χ4v) is 5.37. The molecular weight excluding hydrogens is 520 g/mol. The fraction of sp³-hybridized carbons (Fsp3) is 0.276. The van der Waals surface area contributed by atoms with Crippen LogP contribution in [0, 0.1) is 0 Å². The van der Waals surface area contributed by atoms with Crippen LogP contribution >= 0.6 is 11.6 Å². The highest BCUT2D eigenvalue weighted by atomic mass is 35.5. The highest BCUT2D eigenvalue weighted by Gasteiger charge is 2.33. The van der Waals surface area contributed by atoms with Crippen LogP contribution in [0.1, 0.15) is 16.7 Å². The van der Waals surface area contributed by atoms with Gasteiger partial charge in [0, 0.05) is 12.1 Å². The molecule has 2 N–H and O–H groups in total. The van der Waals surface area contributed by atoms with Gasteiger partial charge in [-0.05, 0) is 41.7 Å². The molecule has 3 aromatic rings. The summed E-state index contributed by atoms with van der Waals surface area (Å²) in [7, 11) is 2.95. The maximum absolute atomic E-state index is 13.5. The average Bonchev–Trinajstić information content (AvgIpc) is 3.33. The van der Waals surface area contributed by atoms with Crippen LogP contribution in [0.15, 0.2) is 60.7 Å². The molecule has 1 aliphatic carbocycles. The van der Waals surface area contributed by atoms with E-state index in [9.17, 15) is 14.4 Å². The summed E-state index contributed by atoms with van der Waals surface area (Å²) < 4.78 is 10.6. The van der Waals surface area contributed by atoms with E-state index in [-0.39, 0.29) is 31.6 Å². The van der Waals surface area contributed by atoms with Gasteiger partial charge in [0.1, 0.15) is 24.6 Å². The van der Waals surface area contributed by atoms with Crippen molar-refractivity contribution >= 4 is 40.8 Å². The molecule has 39 heavy (non-hydrogen) atoms. The number of rotatable bonds is 8. The van der Waals surface area contributed by atoms with E-state index in [0.29, 0.717) is 27.9 Å². The number of fused-ring (bicyclic) bond motifs is 2. The van der Waals surface area contributed by atoms with E-state index < -0.39 is 11.9 Å². The monoisotopic (exact) mass is 548 g/mol. The predicted octanol–water partition coefficient (Wildman–Crippen LogP) is 4.02. The molecule has 0 atom stereocenters. The van der Waals surface area contributed by atoms with Gasteiger partial charge in [0.2, 0.25) is 11.8 Å². The SMILES string of the molecule is COc1cc(OC)c(NC(=O)CN2C(=O)N(CC(=O)NC3Cc4ccccc4C3)Cc3ccccc32)cc1Cl. The minimum Gasteiger partial charge on any atom is -0.495 e. The first-order valence-corrected chi connectivity index (χ1v) is 13.0. The molecule has 202 valence electrons. The number of amides is 4. The lowest BCUT2D eigenvalue weighted by atomic mass is 10.1. The van der Waals surface area contributed by atoms with Crippen LogP contribution < -0.4 is 25.0 Å². The van der Waals surface area contributed by atoms with Crippen molar-refractivity contribution in [1.82, 2.24) is 10.2 Å². The van der Waals surface area contributed by atoms with Crippen molar-refractivity contribution in [3.05, 3.63) is 82.4 Å². The van der Waals surface area contributed by atoms with E-state index in [1.54, 1.807) is 12.1 Å². The highest BCUT2D eigenvalue weighted by Crippen LogP contribution is 2.36. The van der Waals surface area contributed by atoms with E-state index in [4.69, 9.17) is 21.1 Å². The van der Waals surface area contributed by atoms with Crippen LogP contribution in [0.2, 0.25) is 5.02 Å². The van der Waals surface area contributed by atoms with Gasteiger partial charge in [-0.25, -0.2) is 4.79 Å². The number of hydrogen-bond acceptors (Lipinski definition) is 5. The zero-order chi connectivity index (χ0) is 27.5. The van der Waals surface area contributed by atoms with Crippen molar-refractivity contribution in [3.63, 3.8) is 0 Å². The smallest absolute Gasteiger partial charge is 0.325 e. The van der Waals surface area contributed by atoms with Crippen LogP contribution in [0.5, 0.6) is 11.5 Å². The minimum absolute atomic E-state index is 0.00439. The number of halogens is 1. The number of para-hydroxylation sites is 1. The van der Waals surface area contributed by atoms with Crippen molar-refractivity contribution in [2.45, 2.75) is 25.4 Å². The molecule has 0 spiro atoms. The number of urea groups is 1. The normalized spacial score (nSPS) is 14.5. The van der Waals surface area contributed by atoms with Gasteiger partial charge in [-0.1, -0.05) is 54.1 Å². The van der Waals surface area contributed by atoms with Gasteiger partial charge in [0.15, 0.2) is 0 Å². The summed E-state index contributed by atoms with van der Waals surface area (Å²) in [4.78, 5) is 42.4. The average molecular weight is 549 g/mol. The Hall–Kier alpha value is -4.24. The number of ether oxygens (including phenoxy) is 2. The summed E-state index contributed by atoms with van der Waals surface area (Å²) in [6.45, 7) is -0.105. The molecule has 2 aliphatic rings. The van der Waals surface area contributed by atoms with Gasteiger partial charge in [0.25, 0.3) is 0 Å². The Labute approximate surface area is 231 Å². The van der Waals surface area contributed by atoms with Crippen LogP contribution in [0.3, 0.4) is 0 Å².